The first-order chi connectivity index (χ1) is 24.8. The number of benzene rings is 1. The molecule has 13 nitrogen and oxygen atoms in total. The number of hydrogen-bond donors (Lipinski definition) is 2. The second-order valence-electron chi connectivity index (χ2n) is 14.2. The quantitative estimate of drug-likeness (QED) is 0.296. The third-order valence-electron chi connectivity index (χ3n) is 10.6. The molecule has 4 atom stereocenters. The van der Waals surface area contributed by atoms with Gasteiger partial charge in [0.1, 0.15) is 44.9 Å². The molecule has 2 aliphatic heterocycles. The minimum atomic E-state index is -3.95. The van der Waals surface area contributed by atoms with Crippen LogP contribution in [0.2, 0.25) is 5.02 Å². The SMILES string of the molecule is C=Cc1csc(-c2cc(O[C@H]3C[C@H]4C(=O)N(C)CCCC/C=C\[C@@H]5C[C@@]5(C(=O)NS(=O)(=O)C5(C)CC5)NC(=O)N4C3)c3ccc(OC)c(Cl)c3n2)n1. The van der Waals surface area contributed by atoms with Crippen LogP contribution in [0.1, 0.15) is 57.6 Å². The Bertz CT molecular complexity index is 2100. The number of ether oxygens (including phenoxy) is 2. The van der Waals surface area contributed by atoms with E-state index >= 15 is 0 Å². The van der Waals surface area contributed by atoms with Crippen molar-refractivity contribution in [2.45, 2.75) is 74.3 Å². The fourth-order valence-corrected chi connectivity index (χ4v) is 9.21. The number of fused-ring (bicyclic) bond motifs is 3. The minimum Gasteiger partial charge on any atom is -0.495 e. The molecule has 3 fully saturated rings. The predicted molar refractivity (Wildman–Crippen MR) is 199 cm³/mol. The molecule has 2 N–H and O–H groups in total. The first-order valence-corrected chi connectivity index (χ1v) is 20.0. The van der Waals surface area contributed by atoms with Crippen LogP contribution in [0.4, 0.5) is 4.79 Å². The Morgan fingerprint density at radius 3 is 2.71 bits per heavy atom. The highest BCUT2D eigenvalue weighted by Gasteiger charge is 2.63. The molecule has 16 heteroatoms. The molecule has 4 amide bonds. The van der Waals surface area contributed by atoms with Crippen molar-refractivity contribution >= 4 is 67.8 Å². The number of allylic oxidation sites excluding steroid dienone is 1. The Morgan fingerprint density at radius 2 is 2.00 bits per heavy atom. The maximum Gasteiger partial charge on any atom is 0.319 e. The maximum absolute atomic E-state index is 14.2. The molecule has 4 aliphatic rings. The summed E-state index contributed by atoms with van der Waals surface area (Å²) in [5, 5.41) is 6.25. The van der Waals surface area contributed by atoms with Crippen molar-refractivity contribution in [2.24, 2.45) is 5.92 Å². The van der Waals surface area contributed by atoms with Crippen LogP contribution < -0.4 is 19.5 Å². The van der Waals surface area contributed by atoms with Crippen molar-refractivity contribution in [1.29, 1.82) is 0 Å². The molecule has 0 unspecified atom stereocenters. The van der Waals surface area contributed by atoms with Crippen LogP contribution in [-0.4, -0.2) is 95.7 Å². The van der Waals surface area contributed by atoms with E-state index < -0.39 is 50.3 Å². The molecule has 0 bridgehead atoms. The highest BCUT2D eigenvalue weighted by Crippen LogP contribution is 2.48. The first kappa shape index (κ1) is 36.2. The van der Waals surface area contributed by atoms with Gasteiger partial charge in [-0.2, -0.15) is 0 Å². The Balaban J connectivity index is 1.21. The van der Waals surface area contributed by atoms with Gasteiger partial charge < -0.3 is 24.6 Å². The molecule has 4 heterocycles. The third-order valence-corrected chi connectivity index (χ3v) is 14.0. The second-order valence-corrected chi connectivity index (χ2v) is 17.6. The molecule has 276 valence electrons. The highest BCUT2D eigenvalue weighted by atomic mass is 35.5. The number of nitrogens with zero attached hydrogens (tertiary/aromatic N) is 4. The van der Waals surface area contributed by atoms with Crippen LogP contribution in [0.15, 0.2) is 42.3 Å². The lowest BCUT2D eigenvalue weighted by Crippen LogP contribution is -2.58. The summed E-state index contributed by atoms with van der Waals surface area (Å²) in [4.78, 5) is 54.3. The Labute approximate surface area is 311 Å². The number of likely N-dealkylation sites (N-methyl/N-ethyl adjacent to an activating group) is 1. The summed E-state index contributed by atoms with van der Waals surface area (Å²) in [7, 11) is -0.720. The smallest absolute Gasteiger partial charge is 0.319 e. The zero-order valence-corrected chi connectivity index (χ0v) is 31.6. The minimum absolute atomic E-state index is 0.0194. The van der Waals surface area contributed by atoms with E-state index in [-0.39, 0.29) is 25.3 Å². The number of thiazole rings is 1. The predicted octanol–water partition coefficient (Wildman–Crippen LogP) is 5.15. The molecule has 52 heavy (non-hydrogen) atoms. The molecule has 2 saturated carbocycles. The van der Waals surface area contributed by atoms with Gasteiger partial charge in [0.15, 0.2) is 0 Å². The number of carbonyl (C=O) groups is 3. The van der Waals surface area contributed by atoms with Gasteiger partial charge >= 0.3 is 6.03 Å². The second kappa shape index (κ2) is 13.6. The molecule has 7 rings (SSSR count). The Morgan fingerprint density at radius 1 is 1.21 bits per heavy atom. The van der Waals surface area contributed by atoms with Gasteiger partial charge in [0.25, 0.3) is 5.91 Å². The van der Waals surface area contributed by atoms with Gasteiger partial charge in [-0.05, 0) is 63.7 Å². The summed E-state index contributed by atoms with van der Waals surface area (Å²) < 4.78 is 39.5. The Kier molecular flexibility index (Phi) is 9.49. The third kappa shape index (κ3) is 6.62. The zero-order valence-electron chi connectivity index (χ0n) is 29.2. The van der Waals surface area contributed by atoms with E-state index in [2.05, 4.69) is 21.6 Å². The number of nitrogens with one attached hydrogen (secondary N) is 2. The summed E-state index contributed by atoms with van der Waals surface area (Å²) in [6.45, 7) is 5.93. The molecule has 3 aromatic rings. The molecule has 2 aromatic heterocycles. The summed E-state index contributed by atoms with van der Waals surface area (Å²) in [6, 6.07) is 3.72. The zero-order chi connectivity index (χ0) is 37.0. The van der Waals surface area contributed by atoms with E-state index in [4.69, 9.17) is 26.1 Å². The van der Waals surface area contributed by atoms with Crippen LogP contribution in [0.25, 0.3) is 27.7 Å². The van der Waals surface area contributed by atoms with Crippen molar-refractivity contribution in [3.63, 3.8) is 0 Å². The highest BCUT2D eigenvalue weighted by molar-refractivity contribution is 7.91. The molecule has 0 spiro atoms. The van der Waals surface area contributed by atoms with Crippen LogP contribution in [0, 0.1) is 5.92 Å². The number of aromatic nitrogens is 2. The number of pyridine rings is 1. The fourth-order valence-electron chi connectivity index (χ4n) is 6.85. The molecule has 2 aliphatic carbocycles. The first-order valence-electron chi connectivity index (χ1n) is 17.3. The molecular formula is C36H41ClN6O7S2. The van der Waals surface area contributed by atoms with E-state index in [1.165, 1.54) is 23.3 Å². The summed E-state index contributed by atoms with van der Waals surface area (Å²) in [5.74, 6) is -0.560. The van der Waals surface area contributed by atoms with E-state index in [1.54, 1.807) is 43.1 Å². The van der Waals surface area contributed by atoms with Gasteiger partial charge in [0.05, 0.1) is 29.6 Å². The average Bonchev–Trinajstić information content (AvgIpc) is 3.90. The lowest BCUT2D eigenvalue weighted by atomic mass is 10.1. The number of methoxy groups -OCH3 is 1. The molecule has 1 aromatic carbocycles. The standard InChI is InChI=1S/C36H41ClN6O7S2/c1-5-22-20-51-31(38-22)25-17-28(24-11-12-27(49-4)29(37)30(24)39-25)50-23-16-26-32(44)42(3)15-9-7-6-8-10-21-18-36(21,40-34(46)43(26)19-23)33(45)41-52(47,48)35(2)13-14-35/h5,8,10-12,17,20-21,23,26H,1,6-7,9,13-16,18-19H2,2-4H3,(H,40,46)(H,41,45)/b10-8-/t21-,23+,26+,36-/m1/s1. The Hall–Kier alpha value is -4.21. The topological polar surface area (TPSA) is 160 Å². The van der Waals surface area contributed by atoms with Crippen LogP contribution in [-0.2, 0) is 19.6 Å². The lowest BCUT2D eigenvalue weighted by molar-refractivity contribution is -0.134. The number of amides is 4. The molecule has 1 saturated heterocycles. The monoisotopic (exact) mass is 768 g/mol. The van der Waals surface area contributed by atoms with E-state index in [1.807, 2.05) is 17.5 Å². The number of sulfonamides is 1. The number of rotatable bonds is 8. The van der Waals surface area contributed by atoms with Gasteiger partial charge in [-0.25, -0.2) is 23.2 Å². The van der Waals surface area contributed by atoms with Gasteiger partial charge in [-0.15, -0.1) is 11.3 Å². The van der Waals surface area contributed by atoms with Crippen molar-refractivity contribution in [3.8, 4) is 22.2 Å². The number of urea groups is 1. The lowest BCUT2D eigenvalue weighted by Gasteiger charge is -2.30. The molecule has 0 radical (unpaired) electrons. The van der Waals surface area contributed by atoms with E-state index in [9.17, 15) is 22.8 Å². The fraction of sp³-hybridized carbons (Fsp3) is 0.472. The van der Waals surface area contributed by atoms with Crippen molar-refractivity contribution in [2.75, 3.05) is 27.2 Å². The van der Waals surface area contributed by atoms with Gasteiger partial charge in [0.2, 0.25) is 15.9 Å². The van der Waals surface area contributed by atoms with Crippen LogP contribution in [0.5, 0.6) is 11.5 Å². The normalized spacial score (nSPS) is 26.4. The largest absolute Gasteiger partial charge is 0.495 e. The summed E-state index contributed by atoms with van der Waals surface area (Å²) in [6.07, 6.45) is 8.45. The summed E-state index contributed by atoms with van der Waals surface area (Å²) in [5.41, 5.74) is 0.166. The van der Waals surface area contributed by atoms with Crippen LogP contribution in [0.3, 0.4) is 0 Å². The summed E-state index contributed by atoms with van der Waals surface area (Å²) >= 11 is 8.14. The van der Waals surface area contributed by atoms with E-state index in [0.717, 1.165) is 19.3 Å². The maximum atomic E-state index is 14.2. The van der Waals surface area contributed by atoms with Gasteiger partial charge in [-0.3, -0.25) is 14.3 Å². The van der Waals surface area contributed by atoms with Crippen molar-refractivity contribution < 1.29 is 32.3 Å². The van der Waals surface area contributed by atoms with Crippen LogP contribution >= 0.6 is 22.9 Å². The number of carbonyl (C=O) groups excluding carboxylic acids is 3. The number of halogens is 1. The van der Waals surface area contributed by atoms with Crippen molar-refractivity contribution in [1.82, 2.24) is 29.8 Å². The van der Waals surface area contributed by atoms with Gasteiger partial charge in [0, 0.05) is 42.8 Å². The number of hydrogen-bond acceptors (Lipinski definition) is 10. The van der Waals surface area contributed by atoms with E-state index in [0.29, 0.717) is 63.2 Å². The van der Waals surface area contributed by atoms with Gasteiger partial charge in [-0.1, -0.05) is 30.3 Å². The average molecular weight is 769 g/mol. The molecular weight excluding hydrogens is 728 g/mol. The van der Waals surface area contributed by atoms with Crippen molar-refractivity contribution in [3.05, 3.63) is 53.0 Å².